The minimum Gasteiger partial charge on any atom is -0.389 e. The summed E-state index contributed by atoms with van der Waals surface area (Å²) in [5, 5.41) is 20.7. The predicted molar refractivity (Wildman–Crippen MR) is 94.7 cm³/mol. The zero-order chi connectivity index (χ0) is 16.8. The number of aliphatic hydroxyl groups is 2. The van der Waals surface area contributed by atoms with Gasteiger partial charge in [-0.15, -0.1) is 0 Å². The molecule has 1 rings (SSSR count). The minimum absolute atomic E-state index is 0.396. The maximum atomic E-state index is 10.5. The average molecular weight is 306 g/mol. The zero-order valence-electron chi connectivity index (χ0n) is 15.0. The Morgan fingerprint density at radius 1 is 1.23 bits per heavy atom. The molecule has 0 aliphatic heterocycles. The normalized spacial score (nSPS) is 38.5. The first-order valence-electron chi connectivity index (χ1n) is 8.62. The molecule has 22 heavy (non-hydrogen) atoms. The minimum atomic E-state index is -0.752. The number of hydrogen-bond donors (Lipinski definition) is 2. The van der Waals surface area contributed by atoms with E-state index in [1.165, 1.54) is 11.1 Å². The van der Waals surface area contributed by atoms with Crippen LogP contribution in [0.5, 0.6) is 0 Å². The molecule has 0 spiro atoms. The third kappa shape index (κ3) is 7.42. The van der Waals surface area contributed by atoms with Gasteiger partial charge in [0.05, 0.1) is 11.7 Å². The summed E-state index contributed by atoms with van der Waals surface area (Å²) in [5.41, 5.74) is 1.69. The Balaban J connectivity index is 2.95. The first-order chi connectivity index (χ1) is 10.2. The van der Waals surface area contributed by atoms with Gasteiger partial charge < -0.3 is 10.2 Å². The van der Waals surface area contributed by atoms with Crippen molar-refractivity contribution in [1.29, 1.82) is 0 Å². The number of hydrogen-bond acceptors (Lipinski definition) is 2. The Bertz CT molecular complexity index is 427. The van der Waals surface area contributed by atoms with Crippen molar-refractivity contribution in [2.45, 2.75) is 78.4 Å². The molecule has 0 aromatic rings. The van der Waals surface area contributed by atoms with Crippen LogP contribution >= 0.6 is 0 Å². The highest BCUT2D eigenvalue weighted by Crippen LogP contribution is 2.25. The summed E-state index contributed by atoms with van der Waals surface area (Å²) >= 11 is 0. The smallest absolute Gasteiger partial charge is 0.0802 e. The van der Waals surface area contributed by atoms with E-state index in [1.807, 2.05) is 19.1 Å². The maximum absolute atomic E-state index is 10.5. The van der Waals surface area contributed by atoms with Gasteiger partial charge in [0.2, 0.25) is 0 Å². The fourth-order valence-corrected chi connectivity index (χ4v) is 2.96. The molecule has 3 atom stereocenters. The number of rotatable bonds is 1. The van der Waals surface area contributed by atoms with E-state index in [0.717, 1.165) is 25.7 Å². The number of aliphatic hydroxyl groups excluding tert-OH is 1. The van der Waals surface area contributed by atoms with Crippen LogP contribution in [0.15, 0.2) is 35.5 Å². The van der Waals surface area contributed by atoms with Crippen molar-refractivity contribution >= 4 is 0 Å². The zero-order valence-corrected chi connectivity index (χ0v) is 15.0. The second-order valence-electron chi connectivity index (χ2n) is 7.54. The van der Waals surface area contributed by atoms with Gasteiger partial charge in [0.15, 0.2) is 0 Å². The summed E-state index contributed by atoms with van der Waals surface area (Å²) < 4.78 is 0. The molecule has 2 nitrogen and oxygen atoms in total. The highest BCUT2D eigenvalue weighted by molar-refractivity contribution is 5.10. The van der Waals surface area contributed by atoms with E-state index in [0.29, 0.717) is 18.3 Å². The van der Waals surface area contributed by atoms with Gasteiger partial charge in [-0.1, -0.05) is 49.3 Å². The molecule has 0 aromatic carbocycles. The van der Waals surface area contributed by atoms with E-state index in [4.69, 9.17) is 0 Å². The fraction of sp³-hybridized carbons (Fsp3) is 0.700. The van der Waals surface area contributed by atoms with Crippen LogP contribution in [0.3, 0.4) is 0 Å². The monoisotopic (exact) mass is 306 g/mol. The molecular formula is C20H34O2. The van der Waals surface area contributed by atoms with Gasteiger partial charge >= 0.3 is 0 Å². The van der Waals surface area contributed by atoms with Gasteiger partial charge in [-0.05, 0) is 64.7 Å². The third-order valence-corrected chi connectivity index (χ3v) is 4.58. The quantitative estimate of drug-likeness (QED) is 0.684. The Hall–Kier alpha value is -0.860. The standard InChI is InChI=1S/C20H34O2/c1-15(2)18-9-8-17(4)14-19(21)13-16(3)7-6-11-20(5,22)12-10-18/h7,10,12,14-15,18-19,21-22H,6,8-9,11,13H2,1-5H3/b12-10+,16-7+,17-14+/t18-,19+,20-/m1/s1. The molecular weight excluding hydrogens is 272 g/mol. The topological polar surface area (TPSA) is 40.5 Å². The largest absolute Gasteiger partial charge is 0.389 e. The molecule has 0 saturated heterocycles. The van der Waals surface area contributed by atoms with Crippen LogP contribution < -0.4 is 0 Å². The molecule has 0 saturated carbocycles. The van der Waals surface area contributed by atoms with Crippen molar-refractivity contribution in [2.75, 3.05) is 0 Å². The van der Waals surface area contributed by atoms with E-state index in [-0.39, 0.29) is 0 Å². The molecule has 0 fully saturated rings. The van der Waals surface area contributed by atoms with Crippen molar-refractivity contribution in [2.24, 2.45) is 11.8 Å². The van der Waals surface area contributed by atoms with Gasteiger partial charge in [-0.2, -0.15) is 0 Å². The van der Waals surface area contributed by atoms with E-state index < -0.39 is 11.7 Å². The Kier molecular flexibility index (Phi) is 7.58. The van der Waals surface area contributed by atoms with Gasteiger partial charge in [-0.25, -0.2) is 0 Å². The Labute approximate surface area is 136 Å². The second-order valence-corrected chi connectivity index (χ2v) is 7.54. The first-order valence-corrected chi connectivity index (χ1v) is 8.62. The average Bonchev–Trinajstić information content (AvgIpc) is 2.36. The van der Waals surface area contributed by atoms with Crippen LogP contribution in [0.1, 0.15) is 66.7 Å². The van der Waals surface area contributed by atoms with Crippen molar-refractivity contribution in [3.8, 4) is 0 Å². The van der Waals surface area contributed by atoms with Crippen LogP contribution in [0, 0.1) is 11.8 Å². The van der Waals surface area contributed by atoms with Gasteiger partial charge in [0, 0.05) is 0 Å². The maximum Gasteiger partial charge on any atom is 0.0802 e. The number of allylic oxidation sites excluding steroid dienone is 3. The van der Waals surface area contributed by atoms with Crippen LogP contribution in [-0.2, 0) is 0 Å². The van der Waals surface area contributed by atoms with Crippen LogP contribution in [0.4, 0.5) is 0 Å². The molecule has 0 aromatic heterocycles. The molecule has 0 radical (unpaired) electrons. The summed E-state index contributed by atoms with van der Waals surface area (Å²) in [4.78, 5) is 0. The van der Waals surface area contributed by atoms with Crippen LogP contribution in [0.25, 0.3) is 0 Å². The van der Waals surface area contributed by atoms with Crippen molar-refractivity contribution in [3.05, 3.63) is 35.5 Å². The predicted octanol–water partition coefficient (Wildman–Crippen LogP) is 4.78. The molecule has 0 heterocycles. The highest BCUT2D eigenvalue weighted by Gasteiger charge is 2.18. The molecule has 2 N–H and O–H groups in total. The summed E-state index contributed by atoms with van der Waals surface area (Å²) in [6.45, 7) is 10.5. The summed E-state index contributed by atoms with van der Waals surface area (Å²) in [6.07, 6.45) is 12.2. The van der Waals surface area contributed by atoms with E-state index in [1.54, 1.807) is 0 Å². The lowest BCUT2D eigenvalue weighted by atomic mass is 9.87. The Morgan fingerprint density at radius 2 is 1.91 bits per heavy atom. The molecule has 2 heteroatoms. The van der Waals surface area contributed by atoms with Crippen molar-refractivity contribution in [1.82, 2.24) is 0 Å². The lowest BCUT2D eigenvalue weighted by Gasteiger charge is -2.22. The molecule has 1 aliphatic carbocycles. The molecule has 0 bridgehead atoms. The second kappa shape index (κ2) is 8.69. The lowest BCUT2D eigenvalue weighted by molar-refractivity contribution is 0.102. The molecule has 0 amide bonds. The lowest BCUT2D eigenvalue weighted by Crippen LogP contribution is -2.21. The molecule has 126 valence electrons. The van der Waals surface area contributed by atoms with Gasteiger partial charge in [0.1, 0.15) is 0 Å². The van der Waals surface area contributed by atoms with Crippen LogP contribution in [-0.4, -0.2) is 21.9 Å². The van der Waals surface area contributed by atoms with Crippen molar-refractivity contribution in [3.63, 3.8) is 0 Å². The van der Waals surface area contributed by atoms with Crippen LogP contribution in [0.2, 0.25) is 0 Å². The first kappa shape index (κ1) is 19.2. The van der Waals surface area contributed by atoms with E-state index in [9.17, 15) is 10.2 Å². The van der Waals surface area contributed by atoms with E-state index >= 15 is 0 Å². The SMILES string of the molecule is C/C1=C\[C@@H](O)C/C(C)=C/CC[C@@](C)(O)/C=C/[C@H](C(C)C)CC1. The third-order valence-electron chi connectivity index (χ3n) is 4.58. The molecule has 1 aliphatic rings. The van der Waals surface area contributed by atoms with Gasteiger partial charge in [-0.3, -0.25) is 0 Å². The Morgan fingerprint density at radius 3 is 2.55 bits per heavy atom. The fourth-order valence-electron chi connectivity index (χ4n) is 2.96. The highest BCUT2D eigenvalue weighted by atomic mass is 16.3. The molecule has 0 unspecified atom stereocenters. The van der Waals surface area contributed by atoms with E-state index in [2.05, 4.69) is 39.8 Å². The summed E-state index contributed by atoms with van der Waals surface area (Å²) in [5.74, 6) is 1.02. The summed E-state index contributed by atoms with van der Waals surface area (Å²) in [6, 6.07) is 0. The van der Waals surface area contributed by atoms with Crippen molar-refractivity contribution < 1.29 is 10.2 Å². The summed E-state index contributed by atoms with van der Waals surface area (Å²) in [7, 11) is 0. The van der Waals surface area contributed by atoms with Gasteiger partial charge in [0.25, 0.3) is 0 Å².